The zero-order valence-corrected chi connectivity index (χ0v) is 14.0. The van der Waals surface area contributed by atoms with Gasteiger partial charge >= 0.3 is 5.97 Å². The SMILES string of the molecule is CCCC(C)(C)NS(=O)(=O)c1ccc(Br)c(C(=O)O)c1. The van der Waals surface area contributed by atoms with Gasteiger partial charge in [-0.1, -0.05) is 13.3 Å². The highest BCUT2D eigenvalue weighted by atomic mass is 79.9. The van der Waals surface area contributed by atoms with Crippen molar-refractivity contribution in [3.8, 4) is 0 Å². The molecule has 0 aromatic heterocycles. The van der Waals surface area contributed by atoms with Gasteiger partial charge in [0.2, 0.25) is 10.0 Å². The number of sulfonamides is 1. The Morgan fingerprint density at radius 3 is 2.50 bits per heavy atom. The van der Waals surface area contributed by atoms with Crippen LogP contribution >= 0.6 is 15.9 Å². The first-order valence-corrected chi connectivity index (χ1v) is 8.43. The average Bonchev–Trinajstić information content (AvgIpc) is 2.26. The normalized spacial score (nSPS) is 12.4. The number of carbonyl (C=O) groups is 1. The van der Waals surface area contributed by atoms with E-state index < -0.39 is 21.5 Å². The summed E-state index contributed by atoms with van der Waals surface area (Å²) in [6, 6.07) is 3.95. The van der Waals surface area contributed by atoms with Gasteiger partial charge < -0.3 is 5.11 Å². The summed E-state index contributed by atoms with van der Waals surface area (Å²) in [6.07, 6.45) is 1.53. The number of nitrogens with one attached hydrogen (secondary N) is 1. The van der Waals surface area contributed by atoms with E-state index in [9.17, 15) is 13.2 Å². The smallest absolute Gasteiger partial charge is 0.336 e. The summed E-state index contributed by atoms with van der Waals surface area (Å²) in [5.74, 6) is -1.18. The Labute approximate surface area is 127 Å². The number of carboxylic acid groups (broad SMARTS) is 1. The minimum atomic E-state index is -3.75. The second kappa shape index (κ2) is 6.24. The maximum atomic E-state index is 12.3. The molecule has 0 radical (unpaired) electrons. The van der Waals surface area contributed by atoms with E-state index in [-0.39, 0.29) is 10.5 Å². The molecule has 1 aromatic carbocycles. The molecule has 0 aliphatic carbocycles. The quantitative estimate of drug-likeness (QED) is 0.813. The van der Waals surface area contributed by atoms with Gasteiger partial charge in [0.05, 0.1) is 10.5 Å². The summed E-state index contributed by atoms with van der Waals surface area (Å²) in [5.41, 5.74) is -0.662. The predicted molar refractivity (Wildman–Crippen MR) is 80.4 cm³/mol. The van der Waals surface area contributed by atoms with Crippen LogP contribution in [0.3, 0.4) is 0 Å². The Balaban J connectivity index is 3.17. The van der Waals surface area contributed by atoms with Crippen LogP contribution < -0.4 is 4.72 Å². The van der Waals surface area contributed by atoms with Crippen molar-refractivity contribution in [1.29, 1.82) is 0 Å². The molecule has 0 aliphatic heterocycles. The van der Waals surface area contributed by atoms with Gasteiger partial charge in [0.1, 0.15) is 0 Å². The molecule has 0 unspecified atom stereocenters. The van der Waals surface area contributed by atoms with E-state index in [4.69, 9.17) is 5.11 Å². The van der Waals surface area contributed by atoms with E-state index in [1.807, 2.05) is 6.92 Å². The zero-order valence-electron chi connectivity index (χ0n) is 11.6. The second-order valence-corrected chi connectivity index (χ2v) is 7.72. The van der Waals surface area contributed by atoms with Crippen molar-refractivity contribution >= 4 is 31.9 Å². The molecule has 7 heteroatoms. The summed E-state index contributed by atoms with van der Waals surface area (Å²) in [7, 11) is -3.75. The van der Waals surface area contributed by atoms with Crippen LogP contribution in [0.15, 0.2) is 27.6 Å². The van der Waals surface area contributed by atoms with Crippen LogP contribution in [0.1, 0.15) is 44.0 Å². The lowest BCUT2D eigenvalue weighted by Crippen LogP contribution is -2.43. The molecule has 1 rings (SSSR count). The van der Waals surface area contributed by atoms with Gasteiger partial charge in [0.25, 0.3) is 0 Å². The highest BCUT2D eigenvalue weighted by molar-refractivity contribution is 9.10. The lowest BCUT2D eigenvalue weighted by molar-refractivity contribution is 0.0695. The maximum Gasteiger partial charge on any atom is 0.336 e. The standard InChI is InChI=1S/C13H18BrNO4S/c1-4-7-13(2,3)15-20(18,19)9-5-6-11(14)10(8-9)12(16)17/h5-6,8,15H,4,7H2,1-3H3,(H,16,17). The van der Waals surface area contributed by atoms with Crippen molar-refractivity contribution in [2.24, 2.45) is 0 Å². The Morgan fingerprint density at radius 1 is 1.40 bits per heavy atom. The lowest BCUT2D eigenvalue weighted by Gasteiger charge is -2.25. The van der Waals surface area contributed by atoms with Gasteiger partial charge in [-0.2, -0.15) is 0 Å². The first kappa shape index (κ1) is 17.1. The van der Waals surface area contributed by atoms with E-state index in [1.54, 1.807) is 13.8 Å². The minimum Gasteiger partial charge on any atom is -0.478 e. The molecule has 5 nitrogen and oxygen atoms in total. The molecule has 0 saturated heterocycles. The lowest BCUT2D eigenvalue weighted by atomic mass is 10.0. The molecule has 0 spiro atoms. The van der Waals surface area contributed by atoms with Crippen molar-refractivity contribution in [1.82, 2.24) is 4.72 Å². The molecular formula is C13H18BrNO4S. The third-order valence-corrected chi connectivity index (χ3v) is 5.15. The van der Waals surface area contributed by atoms with Gasteiger partial charge in [0, 0.05) is 10.0 Å². The second-order valence-electron chi connectivity index (χ2n) is 5.19. The van der Waals surface area contributed by atoms with Gasteiger partial charge in [-0.25, -0.2) is 17.9 Å². The summed E-state index contributed by atoms with van der Waals surface area (Å²) < 4.78 is 27.5. The minimum absolute atomic E-state index is 0.0534. The molecule has 0 heterocycles. The van der Waals surface area contributed by atoms with E-state index in [0.717, 1.165) is 12.5 Å². The van der Waals surface area contributed by atoms with E-state index in [1.165, 1.54) is 12.1 Å². The molecule has 0 atom stereocenters. The first-order chi connectivity index (χ1) is 9.09. The van der Waals surface area contributed by atoms with Crippen molar-refractivity contribution in [2.75, 3.05) is 0 Å². The van der Waals surface area contributed by atoms with Crippen molar-refractivity contribution in [3.63, 3.8) is 0 Å². The molecule has 0 bridgehead atoms. The molecule has 2 N–H and O–H groups in total. The van der Waals surface area contributed by atoms with Crippen molar-refractivity contribution in [3.05, 3.63) is 28.2 Å². The summed E-state index contributed by atoms with van der Waals surface area (Å²) in [6.45, 7) is 5.56. The van der Waals surface area contributed by atoms with Gasteiger partial charge in [-0.3, -0.25) is 0 Å². The van der Waals surface area contributed by atoms with Crippen LogP contribution in [0.25, 0.3) is 0 Å². The number of hydrogen-bond acceptors (Lipinski definition) is 3. The van der Waals surface area contributed by atoms with Gasteiger partial charge in [-0.05, 0) is 54.4 Å². The molecule has 1 aromatic rings. The van der Waals surface area contributed by atoms with E-state index in [2.05, 4.69) is 20.7 Å². The summed E-state index contributed by atoms with van der Waals surface area (Å²) in [5, 5.41) is 9.03. The van der Waals surface area contributed by atoms with Crippen LogP contribution in [0.5, 0.6) is 0 Å². The summed E-state index contributed by atoms with van der Waals surface area (Å²) in [4.78, 5) is 11.0. The van der Waals surface area contributed by atoms with Crippen LogP contribution in [-0.2, 0) is 10.0 Å². The topological polar surface area (TPSA) is 83.5 Å². The van der Waals surface area contributed by atoms with Crippen LogP contribution in [0.4, 0.5) is 0 Å². The molecule has 0 aliphatic rings. The monoisotopic (exact) mass is 363 g/mol. The number of rotatable bonds is 6. The van der Waals surface area contributed by atoms with Gasteiger partial charge in [0.15, 0.2) is 0 Å². The number of benzene rings is 1. The number of hydrogen-bond donors (Lipinski definition) is 2. The van der Waals surface area contributed by atoms with Crippen LogP contribution in [0.2, 0.25) is 0 Å². The Kier molecular flexibility index (Phi) is 5.34. The fraction of sp³-hybridized carbons (Fsp3) is 0.462. The van der Waals surface area contributed by atoms with E-state index >= 15 is 0 Å². The number of aromatic carboxylic acids is 1. The maximum absolute atomic E-state index is 12.3. The molecule has 20 heavy (non-hydrogen) atoms. The number of halogens is 1. The average molecular weight is 364 g/mol. The van der Waals surface area contributed by atoms with Crippen molar-refractivity contribution < 1.29 is 18.3 Å². The highest BCUT2D eigenvalue weighted by Gasteiger charge is 2.26. The first-order valence-electron chi connectivity index (χ1n) is 6.16. The van der Waals surface area contributed by atoms with Gasteiger partial charge in [-0.15, -0.1) is 0 Å². The molecular weight excluding hydrogens is 346 g/mol. The molecule has 0 fully saturated rings. The fourth-order valence-corrected chi connectivity index (χ4v) is 3.82. The largest absolute Gasteiger partial charge is 0.478 e. The third kappa shape index (κ3) is 4.29. The highest BCUT2D eigenvalue weighted by Crippen LogP contribution is 2.23. The Hall–Kier alpha value is -0.920. The Bertz CT molecular complexity index is 611. The van der Waals surface area contributed by atoms with Crippen LogP contribution in [-0.4, -0.2) is 25.0 Å². The zero-order chi connectivity index (χ0) is 15.6. The van der Waals surface area contributed by atoms with E-state index in [0.29, 0.717) is 10.9 Å². The van der Waals surface area contributed by atoms with Crippen LogP contribution in [0, 0.1) is 0 Å². The number of carboxylic acids is 1. The van der Waals surface area contributed by atoms with Crippen molar-refractivity contribution in [2.45, 2.75) is 44.0 Å². The molecule has 0 amide bonds. The fourth-order valence-electron chi connectivity index (χ4n) is 1.93. The Morgan fingerprint density at radius 2 is 2.00 bits per heavy atom. The third-order valence-electron chi connectivity index (χ3n) is 2.76. The predicted octanol–water partition coefficient (Wildman–Crippen LogP) is 3.00. The molecule has 112 valence electrons. The molecule has 0 saturated carbocycles. The summed E-state index contributed by atoms with van der Waals surface area (Å²) >= 11 is 3.09.